The van der Waals surface area contributed by atoms with Crippen LogP contribution < -0.4 is 19.5 Å². The van der Waals surface area contributed by atoms with Gasteiger partial charge in [-0.3, -0.25) is 4.79 Å². The van der Waals surface area contributed by atoms with Gasteiger partial charge in [-0.15, -0.1) is 0 Å². The fourth-order valence-corrected chi connectivity index (χ4v) is 2.34. The molecule has 6 heteroatoms. The number of nitrogens with one attached hydrogen (secondary N) is 1. The Labute approximate surface area is 146 Å². The first-order valence-electron chi connectivity index (χ1n) is 7.36. The van der Waals surface area contributed by atoms with E-state index in [1.807, 2.05) is 13.8 Å². The molecule has 0 heterocycles. The number of carbonyl (C=O) groups excluding carboxylic acids is 1. The molecule has 0 unspecified atom stereocenters. The van der Waals surface area contributed by atoms with Gasteiger partial charge in [-0.2, -0.15) is 0 Å². The van der Waals surface area contributed by atoms with Crippen LogP contribution in [0.15, 0.2) is 30.3 Å². The molecule has 24 heavy (non-hydrogen) atoms. The number of amides is 1. The number of methoxy groups -OCH3 is 2. The SMILES string of the molecule is COc1ccc(NC(=O)COc2cc(C)c(Cl)c(C)c2)c(OC)c1. The Balaban J connectivity index is 2.01. The monoisotopic (exact) mass is 349 g/mol. The molecule has 0 aliphatic heterocycles. The number of rotatable bonds is 6. The molecule has 0 saturated heterocycles. The van der Waals surface area contributed by atoms with Gasteiger partial charge in [0.2, 0.25) is 0 Å². The van der Waals surface area contributed by atoms with Gasteiger partial charge in [0.15, 0.2) is 6.61 Å². The zero-order chi connectivity index (χ0) is 17.7. The first-order chi connectivity index (χ1) is 11.4. The van der Waals surface area contributed by atoms with Crippen LogP contribution in [0.4, 0.5) is 5.69 Å². The largest absolute Gasteiger partial charge is 0.497 e. The molecule has 0 aromatic heterocycles. The molecular formula is C18H20ClNO4. The lowest BCUT2D eigenvalue weighted by atomic mass is 10.1. The van der Waals surface area contributed by atoms with Gasteiger partial charge in [-0.05, 0) is 49.2 Å². The van der Waals surface area contributed by atoms with Crippen molar-refractivity contribution in [1.82, 2.24) is 0 Å². The molecule has 1 N–H and O–H groups in total. The quantitative estimate of drug-likeness (QED) is 0.856. The van der Waals surface area contributed by atoms with Gasteiger partial charge in [-0.25, -0.2) is 0 Å². The Morgan fingerprint density at radius 1 is 1.04 bits per heavy atom. The Bertz CT molecular complexity index is 723. The number of carbonyl (C=O) groups is 1. The summed E-state index contributed by atoms with van der Waals surface area (Å²) in [6.07, 6.45) is 0. The minimum absolute atomic E-state index is 0.115. The summed E-state index contributed by atoms with van der Waals surface area (Å²) in [6, 6.07) is 8.76. The fourth-order valence-electron chi connectivity index (χ4n) is 2.23. The molecule has 2 aromatic carbocycles. The molecule has 0 bridgehead atoms. The Hall–Kier alpha value is -2.40. The molecule has 2 rings (SSSR count). The molecule has 128 valence electrons. The highest BCUT2D eigenvalue weighted by Crippen LogP contribution is 2.29. The summed E-state index contributed by atoms with van der Waals surface area (Å²) in [4.78, 5) is 12.1. The number of anilines is 1. The van der Waals surface area contributed by atoms with Gasteiger partial charge < -0.3 is 19.5 Å². The van der Waals surface area contributed by atoms with E-state index in [0.717, 1.165) is 11.1 Å². The van der Waals surface area contributed by atoms with Crippen molar-refractivity contribution in [1.29, 1.82) is 0 Å². The zero-order valence-corrected chi connectivity index (χ0v) is 14.9. The predicted octanol–water partition coefficient (Wildman–Crippen LogP) is 3.99. The van der Waals surface area contributed by atoms with Gasteiger partial charge in [0.1, 0.15) is 17.2 Å². The first-order valence-corrected chi connectivity index (χ1v) is 7.73. The summed E-state index contributed by atoms with van der Waals surface area (Å²) >= 11 is 6.12. The van der Waals surface area contributed by atoms with Crippen LogP contribution in [0.25, 0.3) is 0 Å². The molecule has 0 radical (unpaired) electrons. The summed E-state index contributed by atoms with van der Waals surface area (Å²) in [5, 5.41) is 3.46. The zero-order valence-electron chi connectivity index (χ0n) is 14.1. The van der Waals surface area contributed by atoms with Crippen molar-refractivity contribution in [2.45, 2.75) is 13.8 Å². The second-order valence-corrected chi connectivity index (χ2v) is 5.65. The van der Waals surface area contributed by atoms with Crippen molar-refractivity contribution in [3.05, 3.63) is 46.5 Å². The maximum atomic E-state index is 12.1. The minimum Gasteiger partial charge on any atom is -0.497 e. The van der Waals surface area contributed by atoms with Crippen molar-refractivity contribution < 1.29 is 19.0 Å². The van der Waals surface area contributed by atoms with Crippen molar-refractivity contribution in [3.63, 3.8) is 0 Å². The van der Waals surface area contributed by atoms with E-state index in [1.54, 1.807) is 37.4 Å². The van der Waals surface area contributed by atoms with Crippen molar-refractivity contribution >= 4 is 23.2 Å². The number of halogens is 1. The summed E-state index contributed by atoms with van der Waals surface area (Å²) in [5.74, 6) is 1.48. The highest BCUT2D eigenvalue weighted by atomic mass is 35.5. The van der Waals surface area contributed by atoms with Crippen LogP contribution in [0.3, 0.4) is 0 Å². The average Bonchev–Trinajstić information content (AvgIpc) is 2.58. The van der Waals surface area contributed by atoms with E-state index >= 15 is 0 Å². The predicted molar refractivity (Wildman–Crippen MR) is 94.6 cm³/mol. The van der Waals surface area contributed by atoms with Crippen molar-refractivity contribution in [2.24, 2.45) is 0 Å². The molecule has 0 fully saturated rings. The number of hydrogen-bond donors (Lipinski definition) is 1. The van der Waals surface area contributed by atoms with Crippen LogP contribution >= 0.6 is 11.6 Å². The van der Waals surface area contributed by atoms with E-state index in [0.29, 0.717) is 28.0 Å². The highest BCUT2D eigenvalue weighted by molar-refractivity contribution is 6.32. The number of ether oxygens (including phenoxy) is 3. The normalized spacial score (nSPS) is 10.2. The number of hydrogen-bond acceptors (Lipinski definition) is 4. The number of aryl methyl sites for hydroxylation is 2. The van der Waals surface area contributed by atoms with E-state index in [-0.39, 0.29) is 12.5 Å². The van der Waals surface area contributed by atoms with E-state index in [1.165, 1.54) is 7.11 Å². The van der Waals surface area contributed by atoms with Crippen LogP contribution in [-0.4, -0.2) is 26.7 Å². The molecular weight excluding hydrogens is 330 g/mol. The first kappa shape index (κ1) is 17.9. The molecule has 0 aliphatic rings. The number of benzene rings is 2. The topological polar surface area (TPSA) is 56.8 Å². The van der Waals surface area contributed by atoms with Crippen LogP contribution in [0.2, 0.25) is 5.02 Å². The van der Waals surface area contributed by atoms with Crippen LogP contribution in [0.5, 0.6) is 17.2 Å². The highest BCUT2D eigenvalue weighted by Gasteiger charge is 2.10. The van der Waals surface area contributed by atoms with Crippen LogP contribution in [0, 0.1) is 13.8 Å². The minimum atomic E-state index is -0.288. The molecule has 0 aliphatic carbocycles. The second kappa shape index (κ2) is 7.93. The lowest BCUT2D eigenvalue weighted by molar-refractivity contribution is -0.118. The van der Waals surface area contributed by atoms with Crippen LogP contribution in [-0.2, 0) is 4.79 Å². The molecule has 1 amide bonds. The lowest BCUT2D eigenvalue weighted by Gasteiger charge is -2.13. The van der Waals surface area contributed by atoms with E-state index in [4.69, 9.17) is 25.8 Å². The Kier molecular flexibility index (Phi) is 5.93. The third-order valence-corrected chi connectivity index (χ3v) is 4.06. The summed E-state index contributed by atoms with van der Waals surface area (Å²) in [7, 11) is 3.09. The third kappa shape index (κ3) is 4.32. The summed E-state index contributed by atoms with van der Waals surface area (Å²) in [6.45, 7) is 3.67. The second-order valence-electron chi connectivity index (χ2n) is 5.27. The van der Waals surface area contributed by atoms with Crippen molar-refractivity contribution in [3.8, 4) is 17.2 Å². The molecule has 5 nitrogen and oxygen atoms in total. The Morgan fingerprint density at radius 2 is 1.71 bits per heavy atom. The molecule has 0 atom stereocenters. The van der Waals surface area contributed by atoms with Gasteiger partial charge in [0, 0.05) is 11.1 Å². The van der Waals surface area contributed by atoms with Gasteiger partial charge in [0.05, 0.1) is 19.9 Å². The smallest absolute Gasteiger partial charge is 0.262 e. The van der Waals surface area contributed by atoms with Gasteiger partial charge in [-0.1, -0.05) is 11.6 Å². The third-order valence-electron chi connectivity index (χ3n) is 3.46. The van der Waals surface area contributed by atoms with Gasteiger partial charge in [0.25, 0.3) is 5.91 Å². The summed E-state index contributed by atoms with van der Waals surface area (Å²) in [5.41, 5.74) is 2.36. The van der Waals surface area contributed by atoms with E-state index in [2.05, 4.69) is 5.32 Å². The molecule has 0 saturated carbocycles. The van der Waals surface area contributed by atoms with Gasteiger partial charge >= 0.3 is 0 Å². The Morgan fingerprint density at radius 3 is 2.29 bits per heavy atom. The van der Waals surface area contributed by atoms with E-state index < -0.39 is 0 Å². The van der Waals surface area contributed by atoms with E-state index in [9.17, 15) is 4.79 Å². The molecule has 0 spiro atoms. The average molecular weight is 350 g/mol. The lowest BCUT2D eigenvalue weighted by Crippen LogP contribution is -2.20. The van der Waals surface area contributed by atoms with Crippen molar-refractivity contribution in [2.75, 3.05) is 26.1 Å². The van der Waals surface area contributed by atoms with Crippen LogP contribution in [0.1, 0.15) is 11.1 Å². The molecule has 2 aromatic rings. The maximum Gasteiger partial charge on any atom is 0.262 e. The summed E-state index contributed by atoms with van der Waals surface area (Å²) < 4.78 is 15.9. The fraction of sp³-hybridized carbons (Fsp3) is 0.278. The maximum absolute atomic E-state index is 12.1. The standard InChI is InChI=1S/C18H20ClNO4/c1-11-7-14(8-12(2)18(11)19)24-10-17(21)20-15-6-5-13(22-3)9-16(15)23-4/h5-9H,10H2,1-4H3,(H,20,21).